The lowest BCUT2D eigenvalue weighted by Crippen LogP contribution is -2.05. The van der Waals surface area contributed by atoms with Gasteiger partial charge in [-0.25, -0.2) is 0 Å². The van der Waals surface area contributed by atoms with Gasteiger partial charge in [0, 0.05) is 12.3 Å². The number of hydrogen-bond donors (Lipinski definition) is 2. The first kappa shape index (κ1) is 13.1. The first-order chi connectivity index (χ1) is 6.63. The number of hydrogen-bond acceptors (Lipinski definition) is 2. The van der Waals surface area contributed by atoms with Crippen LogP contribution >= 0.6 is 0 Å². The van der Waals surface area contributed by atoms with E-state index in [9.17, 15) is 0 Å². The molecule has 0 fully saturated rings. The molecule has 0 saturated heterocycles. The summed E-state index contributed by atoms with van der Waals surface area (Å²) in [6.07, 6.45) is 6.98. The molecule has 0 saturated carbocycles. The van der Waals surface area contributed by atoms with Crippen molar-refractivity contribution in [1.82, 2.24) is 0 Å². The Morgan fingerprint density at radius 3 is 2.21 bits per heavy atom. The molecule has 82 valence electrons. The van der Waals surface area contributed by atoms with Crippen molar-refractivity contribution in [2.24, 2.45) is 10.7 Å². The molecule has 0 aliphatic heterocycles. The van der Waals surface area contributed by atoms with Crippen molar-refractivity contribution in [2.45, 2.75) is 52.4 Å². The summed E-state index contributed by atoms with van der Waals surface area (Å²) in [6, 6.07) is 0. The quantitative estimate of drug-likeness (QED) is 0.351. The predicted octanol–water partition coefficient (Wildman–Crippen LogP) is 2.74. The highest BCUT2D eigenvalue weighted by molar-refractivity contribution is 5.78. The van der Waals surface area contributed by atoms with E-state index in [1.807, 2.05) is 13.8 Å². The second-order valence-corrected chi connectivity index (χ2v) is 3.82. The Bertz CT molecular complexity index is 181. The van der Waals surface area contributed by atoms with Crippen LogP contribution in [0.4, 0.5) is 0 Å². The lowest BCUT2D eigenvalue weighted by atomic mass is 10.1. The monoisotopic (exact) mass is 197 g/mol. The molecule has 0 heterocycles. The van der Waals surface area contributed by atoms with Crippen LogP contribution in [0.3, 0.4) is 0 Å². The fraction of sp³-hybridized carbons (Fsp3) is 0.818. The van der Waals surface area contributed by atoms with Crippen LogP contribution < -0.4 is 5.73 Å². The topological polar surface area (TPSA) is 62.2 Å². The van der Waals surface area contributed by atoms with Crippen molar-refractivity contribution < 1.29 is 0 Å². The molecule has 0 radical (unpaired) electrons. The molecule has 0 bridgehead atoms. The number of rotatable bonds is 8. The summed E-state index contributed by atoms with van der Waals surface area (Å²) in [4.78, 5) is 4.13. The number of amidine groups is 1. The Balaban J connectivity index is 3.07. The lowest BCUT2D eigenvalue weighted by Gasteiger charge is -1.99. The molecule has 0 aromatic heterocycles. The number of nitrogens with one attached hydrogen (secondary N) is 1. The highest BCUT2D eigenvalue weighted by atomic mass is 14.8. The van der Waals surface area contributed by atoms with Gasteiger partial charge in [0.1, 0.15) is 0 Å². The maximum atomic E-state index is 7.26. The maximum absolute atomic E-state index is 7.26. The zero-order valence-corrected chi connectivity index (χ0v) is 9.47. The predicted molar refractivity (Wildman–Crippen MR) is 63.3 cm³/mol. The minimum Gasteiger partial charge on any atom is -0.388 e. The molecule has 0 atom stereocenters. The third kappa shape index (κ3) is 11.1. The summed E-state index contributed by atoms with van der Waals surface area (Å²) >= 11 is 0. The van der Waals surface area contributed by atoms with Gasteiger partial charge < -0.3 is 11.1 Å². The van der Waals surface area contributed by atoms with Crippen molar-refractivity contribution in [1.29, 1.82) is 5.41 Å². The number of aliphatic imine (C=N–C) groups is 1. The van der Waals surface area contributed by atoms with Crippen molar-refractivity contribution in [2.75, 3.05) is 6.54 Å². The molecule has 0 aliphatic rings. The number of nitrogens with zero attached hydrogens (tertiary/aromatic N) is 1. The highest BCUT2D eigenvalue weighted by Crippen LogP contribution is 2.05. The van der Waals surface area contributed by atoms with Crippen LogP contribution in [0.2, 0.25) is 0 Å². The number of nitrogens with two attached hydrogens (primary N) is 1. The van der Waals surface area contributed by atoms with Crippen molar-refractivity contribution >= 4 is 11.5 Å². The molecule has 3 nitrogen and oxygen atoms in total. The van der Waals surface area contributed by atoms with Gasteiger partial charge in [0.05, 0.1) is 5.84 Å². The zero-order chi connectivity index (χ0) is 10.8. The molecule has 0 spiro atoms. The van der Waals surface area contributed by atoms with Crippen LogP contribution in [0.5, 0.6) is 0 Å². The molecule has 0 amide bonds. The van der Waals surface area contributed by atoms with Gasteiger partial charge in [0.25, 0.3) is 0 Å². The largest absolute Gasteiger partial charge is 0.388 e. The maximum Gasteiger partial charge on any atom is 0.0905 e. The summed E-state index contributed by atoms with van der Waals surface area (Å²) in [6.45, 7) is 4.57. The first-order valence-electron chi connectivity index (χ1n) is 5.43. The SMILES string of the molecule is CC(=N)CCCCCCCN=C(C)N. The van der Waals surface area contributed by atoms with Gasteiger partial charge in [-0.3, -0.25) is 4.99 Å². The van der Waals surface area contributed by atoms with Gasteiger partial charge in [-0.05, 0) is 33.1 Å². The Hall–Kier alpha value is -0.860. The molecule has 0 aromatic carbocycles. The third-order valence-corrected chi connectivity index (χ3v) is 2.07. The van der Waals surface area contributed by atoms with E-state index >= 15 is 0 Å². The Kier molecular flexibility index (Phi) is 8.19. The fourth-order valence-corrected chi connectivity index (χ4v) is 1.29. The third-order valence-electron chi connectivity index (χ3n) is 2.07. The van der Waals surface area contributed by atoms with Gasteiger partial charge in [0.15, 0.2) is 0 Å². The van der Waals surface area contributed by atoms with Crippen LogP contribution in [-0.4, -0.2) is 18.1 Å². The highest BCUT2D eigenvalue weighted by Gasteiger charge is 1.92. The van der Waals surface area contributed by atoms with Gasteiger partial charge in [-0.15, -0.1) is 0 Å². The minimum atomic E-state index is 0.685. The molecular weight excluding hydrogens is 174 g/mol. The van der Waals surface area contributed by atoms with E-state index in [2.05, 4.69) is 4.99 Å². The minimum absolute atomic E-state index is 0.685. The second kappa shape index (κ2) is 8.73. The molecule has 0 unspecified atom stereocenters. The van der Waals surface area contributed by atoms with Crippen LogP contribution in [0, 0.1) is 5.41 Å². The molecule has 14 heavy (non-hydrogen) atoms. The molecule has 0 aliphatic carbocycles. The van der Waals surface area contributed by atoms with E-state index < -0.39 is 0 Å². The summed E-state index contributed by atoms with van der Waals surface area (Å²) in [5.74, 6) is 0.685. The normalized spacial score (nSPS) is 11.7. The smallest absolute Gasteiger partial charge is 0.0905 e. The van der Waals surface area contributed by atoms with Crippen LogP contribution in [0.25, 0.3) is 0 Å². The standard InChI is InChI=1S/C11H23N3/c1-10(12)8-6-4-3-5-7-9-14-11(2)13/h12H,3-9H2,1-2H3,(H2,13,14). The first-order valence-corrected chi connectivity index (χ1v) is 5.43. The van der Waals surface area contributed by atoms with E-state index in [4.69, 9.17) is 11.1 Å². The average Bonchev–Trinajstić information content (AvgIpc) is 2.08. The van der Waals surface area contributed by atoms with Crippen LogP contribution in [-0.2, 0) is 0 Å². The summed E-state index contributed by atoms with van der Waals surface area (Å²) in [5, 5.41) is 7.26. The molecule has 0 aromatic rings. The molecule has 3 heteroatoms. The summed E-state index contributed by atoms with van der Waals surface area (Å²) in [7, 11) is 0. The Morgan fingerprint density at radius 2 is 1.64 bits per heavy atom. The van der Waals surface area contributed by atoms with Gasteiger partial charge in [0.2, 0.25) is 0 Å². The van der Waals surface area contributed by atoms with E-state index in [0.717, 1.165) is 31.5 Å². The zero-order valence-electron chi connectivity index (χ0n) is 9.47. The van der Waals surface area contributed by atoms with Gasteiger partial charge in [-0.1, -0.05) is 19.3 Å². The summed E-state index contributed by atoms with van der Waals surface area (Å²) in [5.41, 5.74) is 6.21. The van der Waals surface area contributed by atoms with Crippen molar-refractivity contribution in [3.8, 4) is 0 Å². The van der Waals surface area contributed by atoms with E-state index in [0.29, 0.717) is 5.84 Å². The van der Waals surface area contributed by atoms with Crippen molar-refractivity contribution in [3.05, 3.63) is 0 Å². The molecule has 0 rings (SSSR count). The van der Waals surface area contributed by atoms with Crippen LogP contribution in [0.1, 0.15) is 52.4 Å². The molecule has 3 N–H and O–H groups in total. The second-order valence-electron chi connectivity index (χ2n) is 3.82. The van der Waals surface area contributed by atoms with E-state index in [1.54, 1.807) is 0 Å². The fourth-order valence-electron chi connectivity index (χ4n) is 1.29. The lowest BCUT2D eigenvalue weighted by molar-refractivity contribution is 0.627. The van der Waals surface area contributed by atoms with E-state index in [1.165, 1.54) is 19.3 Å². The molecular formula is C11H23N3. The van der Waals surface area contributed by atoms with Crippen LogP contribution in [0.15, 0.2) is 4.99 Å². The van der Waals surface area contributed by atoms with Gasteiger partial charge in [-0.2, -0.15) is 0 Å². The van der Waals surface area contributed by atoms with E-state index in [-0.39, 0.29) is 0 Å². The van der Waals surface area contributed by atoms with Crippen molar-refractivity contribution in [3.63, 3.8) is 0 Å². The Morgan fingerprint density at radius 1 is 1.07 bits per heavy atom. The summed E-state index contributed by atoms with van der Waals surface area (Å²) < 4.78 is 0. The number of unbranched alkanes of at least 4 members (excludes halogenated alkanes) is 4. The Labute approximate surface area is 87.3 Å². The van der Waals surface area contributed by atoms with Gasteiger partial charge >= 0.3 is 0 Å². The average molecular weight is 197 g/mol.